The van der Waals surface area contributed by atoms with E-state index in [1.165, 1.54) is 12.1 Å². The van der Waals surface area contributed by atoms with Gasteiger partial charge in [0, 0.05) is 59.0 Å². The van der Waals surface area contributed by atoms with Crippen molar-refractivity contribution in [2.45, 2.75) is 13.3 Å². The zero-order valence-corrected chi connectivity index (χ0v) is 20.0. The normalized spacial score (nSPS) is 14.9. The van der Waals surface area contributed by atoms with Crippen LogP contribution in [0.4, 0.5) is 8.78 Å². The predicted octanol–water partition coefficient (Wildman–Crippen LogP) is 1.47. The number of benzene rings is 1. The Morgan fingerprint density at radius 3 is 2.57 bits per heavy atom. The van der Waals surface area contributed by atoms with Crippen LogP contribution in [0.15, 0.2) is 23.2 Å². The molecule has 0 saturated carbocycles. The number of piperazine rings is 1. The Labute approximate surface area is 194 Å². The van der Waals surface area contributed by atoms with Crippen molar-refractivity contribution in [2.75, 3.05) is 66.1 Å². The summed E-state index contributed by atoms with van der Waals surface area (Å²) in [5.41, 5.74) is 0.454. The fourth-order valence-corrected chi connectivity index (χ4v) is 3.10. The van der Waals surface area contributed by atoms with Gasteiger partial charge in [0.2, 0.25) is 5.91 Å². The Hall–Kier alpha value is -1.53. The van der Waals surface area contributed by atoms with Crippen LogP contribution in [0.25, 0.3) is 0 Å². The molecule has 1 heterocycles. The van der Waals surface area contributed by atoms with Crippen molar-refractivity contribution in [1.29, 1.82) is 0 Å². The number of ether oxygens (including phenoxy) is 1. The lowest BCUT2D eigenvalue weighted by Gasteiger charge is -2.36. The lowest BCUT2D eigenvalue weighted by Crippen LogP contribution is -2.54. The molecule has 0 bridgehead atoms. The number of carbonyl (C=O) groups is 1. The second kappa shape index (κ2) is 14.5. The molecule has 0 atom stereocenters. The maximum atomic E-state index is 13.8. The number of hydrogen-bond acceptors (Lipinski definition) is 4. The number of nitrogens with zero attached hydrogens (tertiary/aromatic N) is 3. The van der Waals surface area contributed by atoms with Crippen molar-refractivity contribution in [3.8, 4) is 0 Å². The number of hydrogen-bond donors (Lipinski definition) is 2. The van der Waals surface area contributed by atoms with E-state index in [4.69, 9.17) is 4.74 Å². The number of carbonyl (C=O) groups excluding carboxylic acids is 1. The average Bonchev–Trinajstić information content (AvgIpc) is 2.70. The number of amides is 1. The highest BCUT2D eigenvalue weighted by Gasteiger charge is 2.21. The molecule has 1 aliphatic heterocycles. The lowest BCUT2D eigenvalue weighted by atomic mass is 10.1. The second-order valence-corrected chi connectivity index (χ2v) is 6.83. The van der Waals surface area contributed by atoms with Crippen molar-refractivity contribution in [3.63, 3.8) is 0 Å². The van der Waals surface area contributed by atoms with Crippen LogP contribution < -0.4 is 10.6 Å². The van der Waals surface area contributed by atoms with Gasteiger partial charge in [0.05, 0.1) is 13.2 Å². The highest BCUT2D eigenvalue weighted by atomic mass is 127. The topological polar surface area (TPSA) is 69.2 Å². The van der Waals surface area contributed by atoms with E-state index in [0.717, 1.165) is 44.7 Å². The zero-order chi connectivity index (χ0) is 21.1. The average molecular weight is 539 g/mol. The summed E-state index contributed by atoms with van der Waals surface area (Å²) in [7, 11) is 1.60. The molecule has 0 aromatic heterocycles. The summed E-state index contributed by atoms with van der Waals surface area (Å²) < 4.78 is 31.7. The first-order valence-corrected chi connectivity index (χ1v) is 9.98. The molecule has 7 nitrogen and oxygen atoms in total. The molecule has 1 aromatic carbocycles. The first-order chi connectivity index (χ1) is 14.0. The first kappa shape index (κ1) is 26.5. The molecule has 0 unspecified atom stereocenters. The van der Waals surface area contributed by atoms with E-state index in [1.807, 2.05) is 6.92 Å². The van der Waals surface area contributed by atoms with E-state index in [9.17, 15) is 13.6 Å². The van der Waals surface area contributed by atoms with Crippen LogP contribution in [-0.2, 0) is 16.0 Å². The van der Waals surface area contributed by atoms with Crippen molar-refractivity contribution >= 4 is 35.8 Å². The van der Waals surface area contributed by atoms with Gasteiger partial charge in [-0.1, -0.05) is 6.07 Å². The van der Waals surface area contributed by atoms with Gasteiger partial charge < -0.3 is 20.3 Å². The molecule has 10 heteroatoms. The largest absolute Gasteiger partial charge is 0.383 e. The van der Waals surface area contributed by atoms with Crippen LogP contribution >= 0.6 is 24.0 Å². The number of methoxy groups -OCH3 is 1. The van der Waals surface area contributed by atoms with Gasteiger partial charge in [0.25, 0.3) is 0 Å². The Morgan fingerprint density at radius 1 is 1.20 bits per heavy atom. The Bertz CT molecular complexity index is 685. The van der Waals surface area contributed by atoms with Gasteiger partial charge in [-0.25, -0.2) is 8.78 Å². The number of rotatable bonds is 9. The molecule has 1 aromatic rings. The van der Waals surface area contributed by atoms with Crippen molar-refractivity contribution in [2.24, 2.45) is 4.99 Å². The molecular formula is C20H32F2IN5O2. The molecule has 1 fully saturated rings. The van der Waals surface area contributed by atoms with E-state index < -0.39 is 11.6 Å². The molecule has 0 aliphatic carbocycles. The van der Waals surface area contributed by atoms with E-state index in [0.29, 0.717) is 38.2 Å². The van der Waals surface area contributed by atoms with Crippen LogP contribution in [0, 0.1) is 11.6 Å². The van der Waals surface area contributed by atoms with Gasteiger partial charge >= 0.3 is 0 Å². The maximum Gasteiger partial charge on any atom is 0.234 e. The van der Waals surface area contributed by atoms with Crippen LogP contribution in [0.1, 0.15) is 12.5 Å². The van der Waals surface area contributed by atoms with Crippen molar-refractivity contribution in [3.05, 3.63) is 35.4 Å². The predicted molar refractivity (Wildman–Crippen MR) is 124 cm³/mol. The first-order valence-electron chi connectivity index (χ1n) is 9.98. The summed E-state index contributed by atoms with van der Waals surface area (Å²) in [4.78, 5) is 20.8. The smallest absolute Gasteiger partial charge is 0.234 e. The van der Waals surface area contributed by atoms with Gasteiger partial charge in [-0.2, -0.15) is 0 Å². The number of nitrogens with one attached hydrogen (secondary N) is 2. The summed E-state index contributed by atoms with van der Waals surface area (Å²) in [6.07, 6.45) is 0.405. The lowest BCUT2D eigenvalue weighted by molar-refractivity contribution is -0.122. The standard InChI is InChI=1S/C20H31F2N5O2.HI/c1-3-23-20(25-7-6-16-4-5-17(21)14-18(16)22)27-11-9-26(10-12-27)15-19(28)24-8-13-29-2;/h4-5,14H,3,6-13,15H2,1-2H3,(H,23,25)(H,24,28);1H. The van der Waals surface area contributed by atoms with Gasteiger partial charge in [-0.05, 0) is 25.0 Å². The minimum absolute atomic E-state index is 0. The van der Waals surface area contributed by atoms with E-state index >= 15 is 0 Å². The SMILES string of the molecule is CCNC(=NCCc1ccc(F)cc1F)N1CCN(CC(=O)NCCOC)CC1.I. The quantitative estimate of drug-likeness (QED) is 0.216. The Balaban J connectivity index is 0.00000450. The molecule has 2 rings (SSSR count). The van der Waals surface area contributed by atoms with Gasteiger partial charge in [0.15, 0.2) is 5.96 Å². The maximum absolute atomic E-state index is 13.8. The molecular weight excluding hydrogens is 507 g/mol. The Morgan fingerprint density at radius 2 is 1.93 bits per heavy atom. The molecule has 1 saturated heterocycles. The third-order valence-electron chi connectivity index (χ3n) is 4.66. The van der Waals surface area contributed by atoms with Crippen LogP contribution in [0.5, 0.6) is 0 Å². The summed E-state index contributed by atoms with van der Waals surface area (Å²) in [5, 5.41) is 6.09. The highest BCUT2D eigenvalue weighted by Crippen LogP contribution is 2.10. The molecule has 0 radical (unpaired) electrons. The minimum atomic E-state index is -0.576. The van der Waals surface area contributed by atoms with Crippen molar-refractivity contribution < 1.29 is 18.3 Å². The summed E-state index contributed by atoms with van der Waals surface area (Å²) in [6.45, 7) is 7.54. The van der Waals surface area contributed by atoms with E-state index in [2.05, 4.69) is 25.4 Å². The molecule has 1 amide bonds. The number of halogens is 3. The number of guanidine groups is 1. The molecule has 0 spiro atoms. The molecule has 170 valence electrons. The van der Waals surface area contributed by atoms with Gasteiger partial charge in [0.1, 0.15) is 11.6 Å². The van der Waals surface area contributed by atoms with E-state index in [1.54, 1.807) is 7.11 Å². The third kappa shape index (κ3) is 9.09. The van der Waals surface area contributed by atoms with Crippen LogP contribution in [0.3, 0.4) is 0 Å². The summed E-state index contributed by atoms with van der Waals surface area (Å²) >= 11 is 0. The van der Waals surface area contributed by atoms with Gasteiger partial charge in [-0.15, -0.1) is 24.0 Å². The highest BCUT2D eigenvalue weighted by molar-refractivity contribution is 14.0. The number of aliphatic imine (C=N–C) groups is 1. The van der Waals surface area contributed by atoms with Crippen molar-refractivity contribution in [1.82, 2.24) is 20.4 Å². The minimum Gasteiger partial charge on any atom is -0.383 e. The second-order valence-electron chi connectivity index (χ2n) is 6.83. The van der Waals surface area contributed by atoms with E-state index in [-0.39, 0.29) is 29.9 Å². The third-order valence-corrected chi connectivity index (χ3v) is 4.66. The fourth-order valence-electron chi connectivity index (χ4n) is 3.10. The molecule has 2 N–H and O–H groups in total. The summed E-state index contributed by atoms with van der Waals surface area (Å²) in [5.74, 6) is -0.340. The molecule has 30 heavy (non-hydrogen) atoms. The van der Waals surface area contributed by atoms with Crippen LogP contribution in [-0.4, -0.2) is 87.7 Å². The summed E-state index contributed by atoms with van der Waals surface area (Å²) in [6, 6.07) is 3.62. The fraction of sp³-hybridized carbons (Fsp3) is 0.600. The van der Waals surface area contributed by atoms with Gasteiger partial charge in [-0.3, -0.25) is 14.7 Å². The molecule has 1 aliphatic rings. The monoisotopic (exact) mass is 539 g/mol. The zero-order valence-electron chi connectivity index (χ0n) is 17.6. The van der Waals surface area contributed by atoms with Crippen LogP contribution in [0.2, 0.25) is 0 Å². The Kier molecular flexibility index (Phi) is 12.8.